The zero-order chi connectivity index (χ0) is 18.8. The Labute approximate surface area is 147 Å². The van der Waals surface area contributed by atoms with Crippen LogP contribution in [0, 0.1) is 12.8 Å². The van der Waals surface area contributed by atoms with E-state index in [-0.39, 0.29) is 42.5 Å². The SMILES string of the molecule is Cc1ccc(S(=O)(=O)N2CCC(C(=O)O)CC2)cc1C(=O)OC(C)C. The van der Waals surface area contributed by atoms with Gasteiger partial charge in [-0.15, -0.1) is 0 Å². The molecule has 8 heteroatoms. The van der Waals surface area contributed by atoms with E-state index in [4.69, 9.17) is 9.84 Å². The normalized spacial score (nSPS) is 16.8. The maximum absolute atomic E-state index is 12.8. The highest BCUT2D eigenvalue weighted by Crippen LogP contribution is 2.25. The third-order valence-electron chi connectivity index (χ3n) is 4.21. The predicted octanol–water partition coefficient (Wildman–Crippen LogP) is 2.05. The molecular weight excluding hydrogens is 346 g/mol. The molecule has 1 aromatic carbocycles. The fraction of sp³-hybridized carbons (Fsp3) is 0.529. The van der Waals surface area contributed by atoms with E-state index < -0.39 is 27.9 Å². The van der Waals surface area contributed by atoms with E-state index in [0.29, 0.717) is 5.56 Å². The molecule has 0 saturated carbocycles. The number of carboxylic acid groups (broad SMARTS) is 1. The number of rotatable bonds is 5. The Bertz CT molecular complexity index is 763. The molecule has 1 aliphatic rings. The van der Waals surface area contributed by atoms with E-state index in [1.807, 2.05) is 0 Å². The molecule has 0 amide bonds. The highest BCUT2D eigenvalue weighted by Gasteiger charge is 2.32. The van der Waals surface area contributed by atoms with E-state index >= 15 is 0 Å². The lowest BCUT2D eigenvalue weighted by Crippen LogP contribution is -2.40. The monoisotopic (exact) mass is 369 g/mol. The van der Waals surface area contributed by atoms with Gasteiger partial charge in [0.2, 0.25) is 10.0 Å². The predicted molar refractivity (Wildman–Crippen MR) is 90.8 cm³/mol. The van der Waals surface area contributed by atoms with Crippen LogP contribution in [0.1, 0.15) is 42.6 Å². The highest BCUT2D eigenvalue weighted by molar-refractivity contribution is 7.89. The van der Waals surface area contributed by atoms with Gasteiger partial charge in [-0.3, -0.25) is 4.79 Å². The molecule has 0 unspecified atom stereocenters. The van der Waals surface area contributed by atoms with Crippen LogP contribution in [0.5, 0.6) is 0 Å². The molecule has 0 atom stereocenters. The van der Waals surface area contributed by atoms with Crippen molar-refractivity contribution in [3.63, 3.8) is 0 Å². The number of carbonyl (C=O) groups excluding carboxylic acids is 1. The molecule has 1 aliphatic heterocycles. The first-order chi connectivity index (χ1) is 11.6. The molecule has 0 aromatic heterocycles. The molecule has 25 heavy (non-hydrogen) atoms. The van der Waals surface area contributed by atoms with Crippen LogP contribution >= 0.6 is 0 Å². The summed E-state index contributed by atoms with van der Waals surface area (Å²) in [6.45, 7) is 5.46. The van der Waals surface area contributed by atoms with Crippen molar-refractivity contribution < 1.29 is 27.9 Å². The molecule has 2 rings (SSSR count). The van der Waals surface area contributed by atoms with Crippen LogP contribution in [0.4, 0.5) is 0 Å². The summed E-state index contributed by atoms with van der Waals surface area (Å²) < 4.78 is 32.0. The van der Waals surface area contributed by atoms with E-state index in [2.05, 4.69) is 0 Å². The fourth-order valence-corrected chi connectivity index (χ4v) is 4.25. The van der Waals surface area contributed by atoms with Crippen molar-refractivity contribution in [2.75, 3.05) is 13.1 Å². The first-order valence-corrected chi connectivity index (χ1v) is 9.61. The van der Waals surface area contributed by atoms with Gasteiger partial charge in [0, 0.05) is 13.1 Å². The first-order valence-electron chi connectivity index (χ1n) is 8.17. The number of benzene rings is 1. The number of nitrogens with zero attached hydrogens (tertiary/aromatic N) is 1. The van der Waals surface area contributed by atoms with Crippen molar-refractivity contribution in [1.29, 1.82) is 0 Å². The molecule has 1 N–H and O–H groups in total. The second-order valence-electron chi connectivity index (χ2n) is 6.45. The number of esters is 1. The average Bonchev–Trinajstić information content (AvgIpc) is 2.54. The minimum atomic E-state index is -3.78. The number of aliphatic carboxylic acids is 1. The summed E-state index contributed by atoms with van der Waals surface area (Å²) in [5, 5.41) is 9.02. The van der Waals surface area contributed by atoms with Gasteiger partial charge in [0.1, 0.15) is 0 Å². The average molecular weight is 369 g/mol. The van der Waals surface area contributed by atoms with Gasteiger partial charge < -0.3 is 9.84 Å². The Hall–Kier alpha value is -1.93. The summed E-state index contributed by atoms with van der Waals surface area (Å²) in [4.78, 5) is 23.2. The van der Waals surface area contributed by atoms with Gasteiger partial charge in [-0.05, 0) is 51.3 Å². The van der Waals surface area contributed by atoms with Gasteiger partial charge in [0.05, 0.1) is 22.5 Å². The Balaban J connectivity index is 2.25. The quantitative estimate of drug-likeness (QED) is 0.797. The van der Waals surface area contributed by atoms with Crippen LogP contribution in [-0.4, -0.2) is 49.0 Å². The number of ether oxygens (including phenoxy) is 1. The molecule has 0 bridgehead atoms. The van der Waals surface area contributed by atoms with Crippen LogP contribution in [-0.2, 0) is 19.6 Å². The lowest BCUT2D eigenvalue weighted by Gasteiger charge is -2.29. The van der Waals surface area contributed by atoms with Crippen LogP contribution in [0.2, 0.25) is 0 Å². The van der Waals surface area contributed by atoms with E-state index in [1.165, 1.54) is 16.4 Å². The van der Waals surface area contributed by atoms with Crippen molar-refractivity contribution in [2.24, 2.45) is 5.92 Å². The molecule has 1 fully saturated rings. The molecule has 1 aromatic rings. The Morgan fingerprint density at radius 1 is 1.24 bits per heavy atom. The lowest BCUT2D eigenvalue weighted by molar-refractivity contribution is -0.142. The van der Waals surface area contributed by atoms with Crippen LogP contribution in [0.25, 0.3) is 0 Å². The van der Waals surface area contributed by atoms with Crippen LogP contribution in [0.15, 0.2) is 23.1 Å². The summed E-state index contributed by atoms with van der Waals surface area (Å²) in [5.74, 6) is -1.97. The highest BCUT2D eigenvalue weighted by atomic mass is 32.2. The Kier molecular flexibility index (Phi) is 5.84. The number of carboxylic acids is 1. The van der Waals surface area contributed by atoms with Gasteiger partial charge in [-0.25, -0.2) is 13.2 Å². The van der Waals surface area contributed by atoms with Gasteiger partial charge in [-0.2, -0.15) is 4.31 Å². The standard InChI is InChI=1S/C17H23NO6S/c1-11(2)24-17(21)15-10-14(5-4-12(15)3)25(22,23)18-8-6-13(7-9-18)16(19)20/h4-5,10-11,13H,6-9H2,1-3H3,(H,19,20). The zero-order valence-corrected chi connectivity index (χ0v) is 15.4. The fourth-order valence-electron chi connectivity index (χ4n) is 2.75. The Morgan fingerprint density at radius 3 is 2.36 bits per heavy atom. The van der Waals surface area contributed by atoms with E-state index in [9.17, 15) is 18.0 Å². The summed E-state index contributed by atoms with van der Waals surface area (Å²) in [5.41, 5.74) is 0.851. The Morgan fingerprint density at radius 2 is 1.84 bits per heavy atom. The van der Waals surface area contributed by atoms with Gasteiger partial charge in [0.15, 0.2) is 0 Å². The second kappa shape index (κ2) is 7.53. The largest absolute Gasteiger partial charge is 0.481 e. The first kappa shape index (κ1) is 19.4. The second-order valence-corrected chi connectivity index (χ2v) is 8.39. The van der Waals surface area contributed by atoms with Crippen LogP contribution < -0.4 is 0 Å². The number of piperidine rings is 1. The van der Waals surface area contributed by atoms with Gasteiger partial charge in [-0.1, -0.05) is 6.07 Å². The van der Waals surface area contributed by atoms with Crippen molar-refractivity contribution in [1.82, 2.24) is 4.31 Å². The summed E-state index contributed by atoms with van der Waals surface area (Å²) in [7, 11) is -3.78. The minimum absolute atomic E-state index is 0.0163. The minimum Gasteiger partial charge on any atom is -0.481 e. The smallest absolute Gasteiger partial charge is 0.338 e. The molecule has 1 saturated heterocycles. The lowest BCUT2D eigenvalue weighted by atomic mass is 9.99. The summed E-state index contributed by atoms with van der Waals surface area (Å²) in [6.07, 6.45) is 0.257. The number of aryl methyl sites for hydroxylation is 1. The molecule has 7 nitrogen and oxygen atoms in total. The van der Waals surface area contributed by atoms with Gasteiger partial charge >= 0.3 is 11.9 Å². The van der Waals surface area contributed by atoms with Gasteiger partial charge in [0.25, 0.3) is 0 Å². The maximum atomic E-state index is 12.8. The number of hydrogen-bond acceptors (Lipinski definition) is 5. The molecule has 1 heterocycles. The van der Waals surface area contributed by atoms with E-state index in [0.717, 1.165) is 0 Å². The summed E-state index contributed by atoms with van der Waals surface area (Å²) in [6, 6.07) is 4.37. The topological polar surface area (TPSA) is 101 Å². The molecule has 138 valence electrons. The van der Waals surface area contributed by atoms with E-state index in [1.54, 1.807) is 26.8 Å². The van der Waals surface area contributed by atoms with Crippen LogP contribution in [0.3, 0.4) is 0 Å². The van der Waals surface area contributed by atoms with Crippen molar-refractivity contribution >= 4 is 22.0 Å². The van der Waals surface area contributed by atoms with Crippen molar-refractivity contribution in [3.8, 4) is 0 Å². The van der Waals surface area contributed by atoms with Crippen molar-refractivity contribution in [3.05, 3.63) is 29.3 Å². The maximum Gasteiger partial charge on any atom is 0.338 e. The third-order valence-corrected chi connectivity index (χ3v) is 6.11. The molecule has 0 aliphatic carbocycles. The number of carbonyl (C=O) groups is 2. The molecular formula is C17H23NO6S. The zero-order valence-electron chi connectivity index (χ0n) is 14.6. The number of hydrogen-bond donors (Lipinski definition) is 1. The molecule has 0 spiro atoms. The van der Waals surface area contributed by atoms with Crippen molar-refractivity contribution in [2.45, 2.75) is 44.6 Å². The summed E-state index contributed by atoms with van der Waals surface area (Å²) >= 11 is 0. The molecule has 0 radical (unpaired) electrons. The third kappa shape index (κ3) is 4.38. The number of sulfonamides is 1.